The number of hydrogen-bond acceptors (Lipinski definition) is 5. The van der Waals surface area contributed by atoms with Crippen LogP contribution in [0.3, 0.4) is 0 Å². The number of aryl methyl sites for hydroxylation is 2. The first-order valence-electron chi connectivity index (χ1n) is 7.00. The van der Waals surface area contributed by atoms with Gasteiger partial charge >= 0.3 is 0 Å². The molecule has 0 spiro atoms. The van der Waals surface area contributed by atoms with Crippen molar-refractivity contribution in [3.05, 3.63) is 52.8 Å². The standard InChI is InChI=1S/C16H15N3OS/c1-9-8-13(17)21-14(9)16-18-15(19-20-16)12-7-6-10-4-2-3-5-11(10)12/h2-5,8,12H,6-7,17H2,1H3. The van der Waals surface area contributed by atoms with E-state index in [0.717, 1.165) is 34.1 Å². The predicted octanol–water partition coefficient (Wildman–Crippen LogP) is 3.77. The van der Waals surface area contributed by atoms with E-state index in [2.05, 4.69) is 34.4 Å². The molecule has 5 heteroatoms. The van der Waals surface area contributed by atoms with Gasteiger partial charge in [0, 0.05) is 5.92 Å². The Bertz CT molecular complexity index is 805. The fraction of sp³-hybridized carbons (Fsp3) is 0.250. The van der Waals surface area contributed by atoms with Crippen LogP contribution in [0, 0.1) is 6.92 Å². The zero-order chi connectivity index (χ0) is 14.4. The fourth-order valence-corrected chi connectivity index (χ4v) is 3.87. The van der Waals surface area contributed by atoms with E-state index in [1.807, 2.05) is 13.0 Å². The molecule has 0 amide bonds. The van der Waals surface area contributed by atoms with Gasteiger partial charge in [0.15, 0.2) is 5.82 Å². The van der Waals surface area contributed by atoms with Crippen LogP contribution in [-0.4, -0.2) is 10.1 Å². The van der Waals surface area contributed by atoms with Gasteiger partial charge in [0.05, 0.1) is 9.88 Å². The second-order valence-corrected chi connectivity index (χ2v) is 6.49. The zero-order valence-corrected chi connectivity index (χ0v) is 12.5. The van der Waals surface area contributed by atoms with Crippen LogP contribution < -0.4 is 5.73 Å². The molecule has 0 saturated carbocycles. The molecule has 3 aromatic rings. The van der Waals surface area contributed by atoms with Gasteiger partial charge in [-0.3, -0.25) is 0 Å². The summed E-state index contributed by atoms with van der Waals surface area (Å²) >= 11 is 1.49. The highest BCUT2D eigenvalue weighted by Crippen LogP contribution is 2.38. The lowest BCUT2D eigenvalue weighted by molar-refractivity contribution is 0.419. The summed E-state index contributed by atoms with van der Waals surface area (Å²) in [5.41, 5.74) is 9.64. The van der Waals surface area contributed by atoms with Gasteiger partial charge in [-0.15, -0.1) is 11.3 Å². The Hall–Kier alpha value is -2.14. The minimum atomic E-state index is 0.247. The van der Waals surface area contributed by atoms with Crippen LogP contribution >= 0.6 is 11.3 Å². The van der Waals surface area contributed by atoms with Gasteiger partial charge in [0.25, 0.3) is 5.89 Å². The average molecular weight is 297 g/mol. The van der Waals surface area contributed by atoms with Gasteiger partial charge in [-0.25, -0.2) is 0 Å². The Morgan fingerprint density at radius 3 is 3.00 bits per heavy atom. The number of thiophene rings is 1. The minimum absolute atomic E-state index is 0.247. The van der Waals surface area contributed by atoms with Gasteiger partial charge < -0.3 is 10.3 Å². The third-order valence-corrected chi connectivity index (χ3v) is 5.07. The van der Waals surface area contributed by atoms with E-state index in [0.29, 0.717) is 5.89 Å². The van der Waals surface area contributed by atoms with Crippen molar-refractivity contribution < 1.29 is 4.52 Å². The van der Waals surface area contributed by atoms with Crippen molar-refractivity contribution in [2.24, 2.45) is 0 Å². The normalized spacial score (nSPS) is 17.1. The van der Waals surface area contributed by atoms with Gasteiger partial charge in [-0.1, -0.05) is 29.4 Å². The van der Waals surface area contributed by atoms with Crippen LogP contribution in [0.2, 0.25) is 0 Å². The highest BCUT2D eigenvalue weighted by molar-refractivity contribution is 7.19. The van der Waals surface area contributed by atoms with Gasteiger partial charge in [0.2, 0.25) is 0 Å². The van der Waals surface area contributed by atoms with Crippen molar-refractivity contribution in [1.82, 2.24) is 10.1 Å². The first-order valence-corrected chi connectivity index (χ1v) is 7.81. The Balaban J connectivity index is 1.71. The molecular formula is C16H15N3OS. The quantitative estimate of drug-likeness (QED) is 0.782. The molecule has 1 aromatic carbocycles. The number of fused-ring (bicyclic) bond motifs is 1. The highest BCUT2D eigenvalue weighted by Gasteiger charge is 2.28. The maximum Gasteiger partial charge on any atom is 0.268 e. The number of nitrogens with zero attached hydrogens (tertiary/aromatic N) is 2. The lowest BCUT2D eigenvalue weighted by Crippen LogP contribution is -1.98. The monoisotopic (exact) mass is 297 g/mol. The van der Waals surface area contributed by atoms with Crippen molar-refractivity contribution in [3.63, 3.8) is 0 Å². The number of benzene rings is 1. The topological polar surface area (TPSA) is 64.9 Å². The molecule has 0 saturated heterocycles. The van der Waals surface area contributed by atoms with Crippen molar-refractivity contribution in [2.75, 3.05) is 5.73 Å². The van der Waals surface area contributed by atoms with E-state index in [4.69, 9.17) is 10.3 Å². The van der Waals surface area contributed by atoms with E-state index in [1.54, 1.807) is 0 Å². The molecule has 1 unspecified atom stereocenters. The molecule has 4 nitrogen and oxygen atoms in total. The third kappa shape index (κ3) is 2.05. The summed E-state index contributed by atoms with van der Waals surface area (Å²) in [6.07, 6.45) is 2.12. The molecule has 2 N–H and O–H groups in total. The molecular weight excluding hydrogens is 282 g/mol. The summed E-state index contributed by atoms with van der Waals surface area (Å²) in [7, 11) is 0. The lowest BCUT2D eigenvalue weighted by atomic mass is 10.0. The minimum Gasteiger partial charge on any atom is -0.391 e. The fourth-order valence-electron chi connectivity index (χ4n) is 3.01. The molecule has 1 aliphatic carbocycles. The largest absolute Gasteiger partial charge is 0.391 e. The number of anilines is 1. The van der Waals surface area contributed by atoms with Crippen LogP contribution in [-0.2, 0) is 6.42 Å². The van der Waals surface area contributed by atoms with Crippen LogP contribution in [0.1, 0.15) is 34.9 Å². The third-order valence-electron chi connectivity index (χ3n) is 4.02. The Kier molecular flexibility index (Phi) is 2.82. The number of aromatic nitrogens is 2. The van der Waals surface area contributed by atoms with Gasteiger partial charge in [-0.05, 0) is 42.5 Å². The van der Waals surface area contributed by atoms with Crippen LogP contribution in [0.15, 0.2) is 34.9 Å². The smallest absolute Gasteiger partial charge is 0.268 e. The molecule has 0 radical (unpaired) electrons. The van der Waals surface area contributed by atoms with E-state index < -0.39 is 0 Å². The predicted molar refractivity (Wildman–Crippen MR) is 83.4 cm³/mol. The number of nitrogen functional groups attached to an aromatic ring is 1. The summed E-state index contributed by atoms with van der Waals surface area (Å²) in [6.45, 7) is 2.01. The van der Waals surface area contributed by atoms with Crippen molar-refractivity contribution in [3.8, 4) is 10.8 Å². The number of nitrogens with two attached hydrogens (primary N) is 1. The molecule has 2 heterocycles. The molecule has 21 heavy (non-hydrogen) atoms. The second-order valence-electron chi connectivity index (χ2n) is 5.41. The molecule has 2 aromatic heterocycles. The SMILES string of the molecule is Cc1cc(N)sc1-c1nc(C2CCc3ccccc32)no1. The lowest BCUT2D eigenvalue weighted by Gasteiger charge is -2.05. The summed E-state index contributed by atoms with van der Waals surface area (Å²) < 4.78 is 5.47. The zero-order valence-electron chi connectivity index (χ0n) is 11.7. The van der Waals surface area contributed by atoms with Crippen LogP contribution in [0.4, 0.5) is 5.00 Å². The Labute approximate surface area is 126 Å². The number of hydrogen-bond donors (Lipinski definition) is 1. The van der Waals surface area contributed by atoms with E-state index >= 15 is 0 Å². The van der Waals surface area contributed by atoms with Gasteiger partial charge in [0.1, 0.15) is 0 Å². The van der Waals surface area contributed by atoms with E-state index in [1.165, 1.54) is 22.5 Å². The van der Waals surface area contributed by atoms with E-state index in [-0.39, 0.29) is 5.92 Å². The van der Waals surface area contributed by atoms with Crippen molar-refractivity contribution in [2.45, 2.75) is 25.7 Å². The Morgan fingerprint density at radius 2 is 2.19 bits per heavy atom. The highest BCUT2D eigenvalue weighted by atomic mass is 32.1. The maximum atomic E-state index is 5.84. The molecule has 106 valence electrons. The van der Waals surface area contributed by atoms with Gasteiger partial charge in [-0.2, -0.15) is 4.98 Å². The molecule has 4 rings (SSSR count). The van der Waals surface area contributed by atoms with Crippen molar-refractivity contribution >= 4 is 16.3 Å². The van der Waals surface area contributed by atoms with Crippen LogP contribution in [0.25, 0.3) is 10.8 Å². The molecule has 0 fully saturated rings. The molecule has 0 bridgehead atoms. The summed E-state index contributed by atoms with van der Waals surface area (Å²) in [5.74, 6) is 1.60. The first kappa shape index (κ1) is 12.6. The van der Waals surface area contributed by atoms with Crippen molar-refractivity contribution in [1.29, 1.82) is 0 Å². The number of rotatable bonds is 2. The molecule has 1 atom stereocenters. The molecule has 0 aliphatic heterocycles. The maximum absolute atomic E-state index is 5.84. The summed E-state index contributed by atoms with van der Waals surface area (Å²) in [5, 5.41) is 4.98. The Morgan fingerprint density at radius 1 is 1.33 bits per heavy atom. The van der Waals surface area contributed by atoms with Crippen LogP contribution in [0.5, 0.6) is 0 Å². The summed E-state index contributed by atoms with van der Waals surface area (Å²) in [6, 6.07) is 10.4. The first-order chi connectivity index (χ1) is 10.2. The second kappa shape index (κ2) is 4.70. The van der Waals surface area contributed by atoms with E-state index in [9.17, 15) is 0 Å². The molecule has 1 aliphatic rings. The average Bonchev–Trinajstić information content (AvgIpc) is 3.16. The summed E-state index contributed by atoms with van der Waals surface area (Å²) in [4.78, 5) is 5.58.